The Balaban J connectivity index is 3.22. The molecule has 4 heteroatoms. The normalized spacial score (nSPS) is 11.4. The minimum absolute atomic E-state index is 0.681. The van der Waals surface area contributed by atoms with E-state index in [0.29, 0.717) is 5.19 Å². The van der Waals surface area contributed by atoms with Crippen LogP contribution in [0.5, 0.6) is 0 Å². The van der Waals surface area contributed by atoms with Gasteiger partial charge in [0.15, 0.2) is 0 Å². The Labute approximate surface area is 85.0 Å². The summed E-state index contributed by atoms with van der Waals surface area (Å²) < 4.78 is 10.1. The number of benzene rings is 1. The van der Waals surface area contributed by atoms with Gasteiger partial charge in [0.25, 0.3) is 0 Å². The third-order valence-electron chi connectivity index (χ3n) is 2.07. The first-order valence-electron chi connectivity index (χ1n) is 4.22. The first kappa shape index (κ1) is 11.1. The zero-order chi connectivity index (χ0) is 10.6. The minimum atomic E-state index is -3.21. The molecule has 0 aliphatic carbocycles. The van der Waals surface area contributed by atoms with Crippen LogP contribution in [0, 0.1) is 0 Å². The van der Waals surface area contributed by atoms with E-state index < -0.39 is 8.80 Å². The van der Waals surface area contributed by atoms with Gasteiger partial charge in [0, 0.05) is 19.4 Å². The van der Waals surface area contributed by atoms with E-state index in [2.05, 4.69) is 6.58 Å². The second-order valence-electron chi connectivity index (χ2n) is 2.78. The van der Waals surface area contributed by atoms with Gasteiger partial charge in [0.05, 0.1) is 0 Å². The summed E-state index contributed by atoms with van der Waals surface area (Å²) in [7, 11) is -0.330. The maximum Gasteiger partial charge on any atom is 0.534 e. The summed E-state index contributed by atoms with van der Waals surface area (Å²) in [6.07, 6.45) is 1.67. The van der Waals surface area contributed by atoms with Crippen LogP contribution in [0.15, 0.2) is 30.8 Å². The SMILES string of the molecule is C=Cc1ccccc1[Si](O)(OC)OC. The highest BCUT2D eigenvalue weighted by Crippen LogP contribution is 2.07. The number of hydrogen-bond donors (Lipinski definition) is 1. The zero-order valence-corrected chi connectivity index (χ0v) is 9.36. The van der Waals surface area contributed by atoms with Gasteiger partial charge in [-0.3, -0.25) is 0 Å². The van der Waals surface area contributed by atoms with Crippen molar-refractivity contribution in [2.24, 2.45) is 0 Å². The van der Waals surface area contributed by atoms with Crippen molar-refractivity contribution in [1.82, 2.24) is 0 Å². The van der Waals surface area contributed by atoms with Crippen molar-refractivity contribution in [2.45, 2.75) is 0 Å². The van der Waals surface area contributed by atoms with Crippen LogP contribution in [0.3, 0.4) is 0 Å². The van der Waals surface area contributed by atoms with Crippen molar-refractivity contribution in [1.29, 1.82) is 0 Å². The highest BCUT2D eigenvalue weighted by atomic mass is 28.4. The molecule has 1 aromatic carbocycles. The molecule has 0 bridgehead atoms. The molecule has 0 radical (unpaired) electrons. The molecule has 1 rings (SSSR count). The summed E-state index contributed by atoms with van der Waals surface area (Å²) in [5.74, 6) is 0. The van der Waals surface area contributed by atoms with Crippen LogP contribution < -0.4 is 5.19 Å². The van der Waals surface area contributed by atoms with Gasteiger partial charge in [-0.05, 0) is 5.56 Å². The standard InChI is InChI=1S/C10H14O3Si/c1-4-9-7-5-6-8-10(9)14(11,12-2)13-3/h4-8,11H,1H2,2-3H3. The van der Waals surface area contributed by atoms with Gasteiger partial charge in [-0.25, -0.2) is 0 Å². The highest BCUT2D eigenvalue weighted by Gasteiger charge is 2.38. The molecule has 0 amide bonds. The third kappa shape index (κ3) is 1.93. The van der Waals surface area contributed by atoms with Gasteiger partial charge in [-0.1, -0.05) is 36.9 Å². The summed E-state index contributed by atoms with van der Waals surface area (Å²) in [5.41, 5.74) is 0.838. The maximum atomic E-state index is 10.1. The Morgan fingerprint density at radius 3 is 2.36 bits per heavy atom. The lowest BCUT2D eigenvalue weighted by atomic mass is 10.2. The quantitative estimate of drug-likeness (QED) is 0.746. The van der Waals surface area contributed by atoms with Gasteiger partial charge in [0.1, 0.15) is 0 Å². The smallest absolute Gasteiger partial charge is 0.386 e. The van der Waals surface area contributed by atoms with E-state index in [9.17, 15) is 4.80 Å². The zero-order valence-electron chi connectivity index (χ0n) is 8.36. The van der Waals surface area contributed by atoms with Crippen molar-refractivity contribution in [3.8, 4) is 0 Å². The fourth-order valence-corrected chi connectivity index (χ4v) is 2.73. The molecule has 0 aromatic heterocycles. The maximum absolute atomic E-state index is 10.1. The summed E-state index contributed by atoms with van der Waals surface area (Å²) >= 11 is 0. The van der Waals surface area contributed by atoms with Crippen LogP contribution in [0.2, 0.25) is 0 Å². The van der Waals surface area contributed by atoms with E-state index in [0.717, 1.165) is 5.56 Å². The van der Waals surface area contributed by atoms with Crippen LogP contribution in [0.4, 0.5) is 0 Å². The molecule has 0 unspecified atom stereocenters. The Hall–Kier alpha value is -0.943. The van der Waals surface area contributed by atoms with E-state index in [4.69, 9.17) is 8.85 Å². The minimum Gasteiger partial charge on any atom is -0.386 e. The van der Waals surface area contributed by atoms with Gasteiger partial charge in [-0.15, -0.1) is 0 Å². The second-order valence-corrected chi connectivity index (χ2v) is 5.30. The van der Waals surface area contributed by atoms with Crippen molar-refractivity contribution in [2.75, 3.05) is 14.2 Å². The first-order valence-corrected chi connectivity index (χ1v) is 5.99. The Morgan fingerprint density at radius 1 is 1.29 bits per heavy atom. The molecule has 0 saturated carbocycles. The predicted molar refractivity (Wildman–Crippen MR) is 58.2 cm³/mol. The molecule has 0 spiro atoms. The lowest BCUT2D eigenvalue weighted by Crippen LogP contribution is -2.53. The summed E-state index contributed by atoms with van der Waals surface area (Å²) in [6.45, 7) is 3.67. The largest absolute Gasteiger partial charge is 0.534 e. The van der Waals surface area contributed by atoms with Crippen LogP contribution in [-0.4, -0.2) is 27.8 Å². The van der Waals surface area contributed by atoms with Crippen LogP contribution in [0.25, 0.3) is 6.08 Å². The summed E-state index contributed by atoms with van der Waals surface area (Å²) in [4.78, 5) is 10.1. The molecule has 0 fully saturated rings. The van der Waals surface area contributed by atoms with Crippen molar-refractivity contribution in [3.05, 3.63) is 36.4 Å². The monoisotopic (exact) mass is 210 g/mol. The molecule has 3 nitrogen and oxygen atoms in total. The van der Waals surface area contributed by atoms with Crippen molar-refractivity contribution in [3.63, 3.8) is 0 Å². The molecule has 76 valence electrons. The Kier molecular flexibility index (Phi) is 3.60. The van der Waals surface area contributed by atoms with E-state index in [-0.39, 0.29) is 0 Å². The molecule has 1 N–H and O–H groups in total. The molecule has 0 aliphatic heterocycles. The molecular weight excluding hydrogens is 196 g/mol. The molecule has 0 aliphatic rings. The fourth-order valence-electron chi connectivity index (χ4n) is 1.27. The molecule has 1 aromatic rings. The second kappa shape index (κ2) is 4.52. The number of rotatable bonds is 4. The average Bonchev–Trinajstić information content (AvgIpc) is 2.28. The molecule has 0 atom stereocenters. The van der Waals surface area contributed by atoms with Crippen molar-refractivity contribution >= 4 is 20.1 Å². The topological polar surface area (TPSA) is 38.7 Å². The van der Waals surface area contributed by atoms with Crippen LogP contribution in [-0.2, 0) is 8.85 Å². The lowest BCUT2D eigenvalue weighted by molar-refractivity contribution is 0.169. The van der Waals surface area contributed by atoms with Crippen molar-refractivity contribution < 1.29 is 13.6 Å². The molecule has 0 saturated heterocycles. The summed E-state index contributed by atoms with van der Waals surface area (Å²) in [6, 6.07) is 7.35. The van der Waals surface area contributed by atoms with E-state index in [1.807, 2.05) is 18.2 Å². The lowest BCUT2D eigenvalue weighted by Gasteiger charge is -2.21. The van der Waals surface area contributed by atoms with Gasteiger partial charge < -0.3 is 13.6 Å². The van der Waals surface area contributed by atoms with E-state index in [1.54, 1.807) is 12.1 Å². The molecular formula is C10H14O3Si. The molecule has 0 heterocycles. The van der Waals surface area contributed by atoms with E-state index in [1.165, 1.54) is 14.2 Å². The molecule has 14 heavy (non-hydrogen) atoms. The van der Waals surface area contributed by atoms with Crippen LogP contribution in [0.1, 0.15) is 5.56 Å². The highest BCUT2D eigenvalue weighted by molar-refractivity contribution is 6.74. The van der Waals surface area contributed by atoms with Gasteiger partial charge in [0.2, 0.25) is 0 Å². The summed E-state index contributed by atoms with van der Waals surface area (Å²) in [5, 5.41) is 0.681. The first-order chi connectivity index (χ1) is 6.68. The van der Waals surface area contributed by atoms with Gasteiger partial charge in [-0.2, -0.15) is 0 Å². The average molecular weight is 210 g/mol. The van der Waals surface area contributed by atoms with Gasteiger partial charge >= 0.3 is 8.80 Å². The van der Waals surface area contributed by atoms with Crippen LogP contribution >= 0.6 is 0 Å². The third-order valence-corrected chi connectivity index (χ3v) is 4.32. The fraction of sp³-hybridized carbons (Fsp3) is 0.200. The number of hydrogen-bond acceptors (Lipinski definition) is 3. The Bertz CT molecular complexity index is 321. The van der Waals surface area contributed by atoms with E-state index >= 15 is 0 Å². The predicted octanol–water partition coefficient (Wildman–Crippen LogP) is 0.761. The Morgan fingerprint density at radius 2 is 1.86 bits per heavy atom.